The molecule has 5 rings (SSSR count). The highest BCUT2D eigenvalue weighted by molar-refractivity contribution is 5.95. The van der Waals surface area contributed by atoms with Gasteiger partial charge in [0.05, 0.1) is 12.1 Å². The van der Waals surface area contributed by atoms with Crippen molar-refractivity contribution in [2.24, 2.45) is 11.3 Å². The second-order valence-electron chi connectivity index (χ2n) is 11.0. The quantitative estimate of drug-likeness (QED) is 0.708. The van der Waals surface area contributed by atoms with Crippen molar-refractivity contribution in [3.63, 3.8) is 0 Å². The lowest BCUT2D eigenvalue weighted by Gasteiger charge is -2.41. The maximum atomic E-state index is 13.4. The number of carbonyl (C=O) groups is 1. The summed E-state index contributed by atoms with van der Waals surface area (Å²) in [6, 6.07) is -0.0490. The minimum Gasteiger partial charge on any atom is -0.501 e. The molecule has 1 saturated carbocycles. The fourth-order valence-electron chi connectivity index (χ4n) is 6.85. The van der Waals surface area contributed by atoms with Crippen molar-refractivity contribution in [3.8, 4) is 5.75 Å². The van der Waals surface area contributed by atoms with E-state index in [1.807, 2.05) is 4.57 Å². The number of likely N-dealkylation sites (N-methyl/N-ethyl adjacent to an activating group) is 1. The lowest BCUT2D eigenvalue weighted by Crippen LogP contribution is -2.49. The van der Waals surface area contributed by atoms with Crippen molar-refractivity contribution in [2.75, 3.05) is 13.7 Å². The van der Waals surface area contributed by atoms with Crippen LogP contribution in [0.1, 0.15) is 81.5 Å². The summed E-state index contributed by atoms with van der Waals surface area (Å²) < 4.78 is 7.71. The van der Waals surface area contributed by atoms with Crippen molar-refractivity contribution < 1.29 is 14.6 Å². The first-order valence-electron chi connectivity index (χ1n) is 12.8. The molecule has 7 heteroatoms. The molecule has 1 amide bonds. The number of carbonyl (C=O) groups excluding carboxylic acids is 1. The van der Waals surface area contributed by atoms with Gasteiger partial charge in [0.2, 0.25) is 5.75 Å². The molecule has 3 atom stereocenters. The smallest absolute Gasteiger partial charge is 0.315 e. The molecule has 0 bridgehead atoms. The van der Waals surface area contributed by atoms with Crippen LogP contribution in [0.25, 0.3) is 0 Å². The van der Waals surface area contributed by atoms with Crippen LogP contribution in [0, 0.1) is 11.3 Å². The van der Waals surface area contributed by atoms with Gasteiger partial charge in [-0.3, -0.25) is 9.59 Å². The fourth-order valence-corrected chi connectivity index (χ4v) is 6.85. The standard InChI is InChI=1S/C27H37N3O4/c1-17-11-18(2)13-19(12-17)27(8-4-5-9-27)15-22-28-25(32)24(31)23-26(33)29(3)20(16-30(22)23)14-21-7-6-10-34-21/h11-12,19-21,31H,4-10,13-16H2,1-3H3/t19?,20-,21+/m0/s1. The number of allylic oxidation sites excluding steroid dienone is 4. The summed E-state index contributed by atoms with van der Waals surface area (Å²) in [6.45, 7) is 5.66. The lowest BCUT2D eigenvalue weighted by molar-refractivity contribution is 0.0458. The Hall–Kier alpha value is -2.41. The molecular formula is C27H37N3O4. The Labute approximate surface area is 201 Å². The molecule has 7 nitrogen and oxygen atoms in total. The van der Waals surface area contributed by atoms with Gasteiger partial charge < -0.3 is 19.3 Å². The van der Waals surface area contributed by atoms with Gasteiger partial charge in [0.1, 0.15) is 5.82 Å². The highest BCUT2D eigenvalue weighted by Crippen LogP contribution is 2.50. The maximum absolute atomic E-state index is 13.4. The van der Waals surface area contributed by atoms with Crippen LogP contribution in [-0.4, -0.2) is 51.3 Å². The second kappa shape index (κ2) is 8.99. The molecule has 1 aromatic heterocycles. The third-order valence-electron chi connectivity index (χ3n) is 8.64. The van der Waals surface area contributed by atoms with E-state index in [9.17, 15) is 14.7 Å². The zero-order valence-corrected chi connectivity index (χ0v) is 20.7. The van der Waals surface area contributed by atoms with Gasteiger partial charge >= 0.3 is 5.56 Å². The number of aromatic hydroxyl groups is 1. The molecule has 3 heterocycles. The molecule has 0 spiro atoms. The molecule has 1 N–H and O–H groups in total. The molecule has 0 aromatic carbocycles. The van der Waals surface area contributed by atoms with Crippen molar-refractivity contribution in [3.05, 3.63) is 45.2 Å². The first kappa shape index (κ1) is 23.3. The average Bonchev–Trinajstić information content (AvgIpc) is 3.47. The van der Waals surface area contributed by atoms with Crippen LogP contribution in [0.2, 0.25) is 0 Å². The summed E-state index contributed by atoms with van der Waals surface area (Å²) in [6.07, 6.45) is 13.8. The van der Waals surface area contributed by atoms with Gasteiger partial charge in [-0.15, -0.1) is 0 Å². The first-order valence-corrected chi connectivity index (χ1v) is 12.8. The van der Waals surface area contributed by atoms with E-state index >= 15 is 0 Å². The summed E-state index contributed by atoms with van der Waals surface area (Å²) in [7, 11) is 1.76. The Morgan fingerprint density at radius 1 is 1.21 bits per heavy atom. The largest absolute Gasteiger partial charge is 0.501 e. The SMILES string of the molecule is CC1=CC(C2(Cc3nc(=O)c(O)c4n3C[C@H](C[C@H]3CCCO3)N(C)C4=O)CCCC2)CC(C)=C1. The van der Waals surface area contributed by atoms with Gasteiger partial charge in [-0.25, -0.2) is 0 Å². The topological polar surface area (TPSA) is 84.7 Å². The number of amides is 1. The summed E-state index contributed by atoms with van der Waals surface area (Å²) in [4.78, 5) is 32.1. The molecule has 0 radical (unpaired) electrons. The predicted octanol–water partition coefficient (Wildman–Crippen LogP) is 3.99. The van der Waals surface area contributed by atoms with Crippen LogP contribution >= 0.6 is 0 Å². The molecule has 2 fully saturated rings. The first-order chi connectivity index (χ1) is 16.3. The van der Waals surface area contributed by atoms with Crippen molar-refractivity contribution in [1.82, 2.24) is 14.5 Å². The van der Waals surface area contributed by atoms with E-state index in [1.54, 1.807) is 11.9 Å². The van der Waals surface area contributed by atoms with Gasteiger partial charge in [-0.1, -0.05) is 36.1 Å². The van der Waals surface area contributed by atoms with E-state index in [4.69, 9.17) is 4.74 Å². The maximum Gasteiger partial charge on any atom is 0.315 e. The third-order valence-corrected chi connectivity index (χ3v) is 8.64. The Balaban J connectivity index is 1.52. The molecular weight excluding hydrogens is 430 g/mol. The number of hydrogen-bond acceptors (Lipinski definition) is 5. The molecule has 1 saturated heterocycles. The molecule has 1 unspecified atom stereocenters. The van der Waals surface area contributed by atoms with Crippen LogP contribution in [0.3, 0.4) is 0 Å². The Morgan fingerprint density at radius 2 is 1.97 bits per heavy atom. The third kappa shape index (κ3) is 4.12. The Bertz CT molecular complexity index is 1090. The molecule has 2 aliphatic heterocycles. The highest BCUT2D eigenvalue weighted by Gasteiger charge is 2.44. The second-order valence-corrected chi connectivity index (χ2v) is 11.0. The van der Waals surface area contributed by atoms with E-state index in [2.05, 4.69) is 31.0 Å². The fraction of sp³-hybridized carbons (Fsp3) is 0.667. The van der Waals surface area contributed by atoms with Crippen molar-refractivity contribution >= 4 is 5.91 Å². The van der Waals surface area contributed by atoms with Crippen molar-refractivity contribution in [1.29, 1.82) is 0 Å². The van der Waals surface area contributed by atoms with Crippen LogP contribution < -0.4 is 5.56 Å². The van der Waals surface area contributed by atoms with Gasteiger partial charge in [-0.05, 0) is 63.7 Å². The monoisotopic (exact) mass is 467 g/mol. The number of ether oxygens (including phenoxy) is 1. The number of nitrogens with zero attached hydrogens (tertiary/aromatic N) is 3. The minimum absolute atomic E-state index is 0.0183. The Morgan fingerprint density at radius 3 is 2.65 bits per heavy atom. The lowest BCUT2D eigenvalue weighted by atomic mass is 9.67. The zero-order chi connectivity index (χ0) is 24.0. The van der Waals surface area contributed by atoms with Gasteiger partial charge in [-0.2, -0.15) is 4.98 Å². The molecule has 34 heavy (non-hydrogen) atoms. The summed E-state index contributed by atoms with van der Waals surface area (Å²) >= 11 is 0. The van der Waals surface area contributed by atoms with Crippen LogP contribution in [-0.2, 0) is 17.7 Å². The van der Waals surface area contributed by atoms with E-state index in [-0.39, 0.29) is 29.2 Å². The van der Waals surface area contributed by atoms with E-state index in [0.717, 1.165) is 45.1 Å². The zero-order valence-electron chi connectivity index (χ0n) is 20.7. The number of hydrogen-bond donors (Lipinski definition) is 1. The normalized spacial score (nSPS) is 28.6. The summed E-state index contributed by atoms with van der Waals surface area (Å²) in [5, 5.41) is 10.6. The summed E-state index contributed by atoms with van der Waals surface area (Å²) in [5.41, 5.74) is 2.11. The van der Waals surface area contributed by atoms with E-state index in [0.29, 0.717) is 24.7 Å². The highest BCUT2D eigenvalue weighted by atomic mass is 16.5. The van der Waals surface area contributed by atoms with E-state index in [1.165, 1.54) is 24.0 Å². The molecule has 1 aromatic rings. The number of rotatable bonds is 5. The van der Waals surface area contributed by atoms with Crippen LogP contribution in [0.4, 0.5) is 0 Å². The number of fused-ring (bicyclic) bond motifs is 1. The summed E-state index contributed by atoms with van der Waals surface area (Å²) in [5.74, 6) is 0.215. The van der Waals surface area contributed by atoms with Crippen molar-refractivity contribution in [2.45, 2.75) is 90.3 Å². The van der Waals surface area contributed by atoms with Gasteiger partial charge in [0.15, 0.2) is 5.69 Å². The van der Waals surface area contributed by atoms with Gasteiger partial charge in [0, 0.05) is 26.6 Å². The van der Waals surface area contributed by atoms with Gasteiger partial charge in [0.25, 0.3) is 5.91 Å². The average molecular weight is 468 g/mol. The molecule has 2 aliphatic carbocycles. The molecule has 4 aliphatic rings. The van der Waals surface area contributed by atoms with E-state index < -0.39 is 11.3 Å². The number of aromatic nitrogens is 2. The Kier molecular flexibility index (Phi) is 6.17. The predicted molar refractivity (Wildman–Crippen MR) is 130 cm³/mol. The van der Waals surface area contributed by atoms with Crippen LogP contribution in [0.5, 0.6) is 5.75 Å². The minimum atomic E-state index is -0.694. The van der Waals surface area contributed by atoms with Crippen LogP contribution in [0.15, 0.2) is 28.1 Å². The molecule has 184 valence electrons.